The van der Waals surface area contributed by atoms with Crippen LogP contribution < -0.4 is 0 Å². The van der Waals surface area contributed by atoms with Crippen molar-refractivity contribution in [2.45, 2.75) is 103 Å². The molecule has 0 spiro atoms. The van der Waals surface area contributed by atoms with E-state index < -0.39 is 25.5 Å². The average molecular weight is 409 g/mol. The van der Waals surface area contributed by atoms with Crippen LogP contribution in [0, 0.1) is 22.7 Å². The zero-order valence-corrected chi connectivity index (χ0v) is 19.4. The zero-order chi connectivity index (χ0) is 20.8. The van der Waals surface area contributed by atoms with Gasteiger partial charge in [-0.1, -0.05) is 19.4 Å². The number of carbonyl (C=O) groups is 1. The molecular formula is C23H37FO3Si. The molecule has 0 amide bonds. The van der Waals surface area contributed by atoms with E-state index in [2.05, 4.69) is 33.5 Å². The molecule has 0 aliphatic heterocycles. The molecule has 0 aromatic heterocycles. The van der Waals surface area contributed by atoms with Gasteiger partial charge in [0, 0.05) is 23.2 Å². The van der Waals surface area contributed by atoms with Gasteiger partial charge in [-0.2, -0.15) is 0 Å². The van der Waals surface area contributed by atoms with Gasteiger partial charge >= 0.3 is 0 Å². The summed E-state index contributed by atoms with van der Waals surface area (Å²) in [5, 5.41) is 11.3. The highest BCUT2D eigenvalue weighted by atomic mass is 28.4. The van der Waals surface area contributed by atoms with Crippen LogP contribution in [0.2, 0.25) is 19.6 Å². The molecule has 0 heterocycles. The molecule has 0 aromatic rings. The van der Waals surface area contributed by atoms with Crippen molar-refractivity contribution >= 4 is 14.1 Å². The van der Waals surface area contributed by atoms with Crippen molar-refractivity contribution in [3.8, 4) is 0 Å². The van der Waals surface area contributed by atoms with Gasteiger partial charge in [0.1, 0.15) is 5.67 Å². The lowest BCUT2D eigenvalue weighted by molar-refractivity contribution is -0.223. The Morgan fingerprint density at radius 2 is 1.79 bits per heavy atom. The fourth-order valence-electron chi connectivity index (χ4n) is 7.62. The Hall–Kier alpha value is -0.523. The Bertz CT molecular complexity index is 730. The van der Waals surface area contributed by atoms with E-state index in [1.54, 1.807) is 6.08 Å². The quantitative estimate of drug-likeness (QED) is 0.640. The summed E-state index contributed by atoms with van der Waals surface area (Å²) in [4.78, 5) is 12.0. The summed E-state index contributed by atoms with van der Waals surface area (Å²) in [6, 6.07) is 0. The monoisotopic (exact) mass is 408 g/mol. The minimum Gasteiger partial charge on any atom is -0.412 e. The standard InChI is InChI=1S/C23H37FO3Si/c1-20-11-9-16(25)13-15(20)7-8-18-17-10-12-22(3,27-28(4,5)6)21(17,2)14-19(26)23(18,20)24/h13,17-19,26H,7-12,14H2,1-6H3/t17?,18?,19?,20?,21?,22-,23+/m1/s1. The number of ketones is 1. The van der Waals surface area contributed by atoms with E-state index >= 15 is 4.39 Å². The summed E-state index contributed by atoms with van der Waals surface area (Å²) >= 11 is 0. The molecule has 5 heteroatoms. The number of hydrogen-bond donors (Lipinski definition) is 1. The Balaban J connectivity index is 1.76. The molecule has 28 heavy (non-hydrogen) atoms. The predicted molar refractivity (Wildman–Crippen MR) is 111 cm³/mol. The number of alkyl halides is 1. The number of aliphatic hydroxyl groups is 1. The molecule has 4 aliphatic rings. The summed E-state index contributed by atoms with van der Waals surface area (Å²) in [6.45, 7) is 13.1. The third-order valence-corrected chi connectivity index (χ3v) is 10.2. The van der Waals surface area contributed by atoms with Crippen molar-refractivity contribution in [2.75, 3.05) is 0 Å². The SMILES string of the molecule is CC12CCC(=O)C=C1CCC1C3CC[C@@](C)(O[Si](C)(C)C)C3(C)CC(O)[C@@]12F. The first-order chi connectivity index (χ1) is 12.8. The van der Waals surface area contributed by atoms with E-state index in [0.29, 0.717) is 19.3 Å². The fourth-order valence-corrected chi connectivity index (χ4v) is 9.30. The normalized spacial score (nSPS) is 51.2. The van der Waals surface area contributed by atoms with E-state index in [9.17, 15) is 9.90 Å². The zero-order valence-electron chi connectivity index (χ0n) is 18.4. The van der Waals surface area contributed by atoms with E-state index in [-0.39, 0.29) is 28.6 Å². The van der Waals surface area contributed by atoms with Crippen molar-refractivity contribution in [1.29, 1.82) is 0 Å². The summed E-state index contributed by atoms with van der Waals surface area (Å²) < 4.78 is 23.7. The van der Waals surface area contributed by atoms with Crippen LogP contribution in [0.1, 0.15) is 65.7 Å². The van der Waals surface area contributed by atoms with Gasteiger partial charge in [0.25, 0.3) is 0 Å². The third-order valence-electron chi connectivity index (χ3n) is 9.10. The Kier molecular flexibility index (Phi) is 4.45. The summed E-state index contributed by atoms with van der Waals surface area (Å²) in [6.07, 6.45) is 5.46. The highest BCUT2D eigenvalue weighted by Crippen LogP contribution is 2.70. The van der Waals surface area contributed by atoms with Gasteiger partial charge in [0.15, 0.2) is 14.1 Å². The highest BCUT2D eigenvalue weighted by molar-refractivity contribution is 6.69. The molecule has 7 atom stereocenters. The molecule has 3 saturated carbocycles. The molecule has 0 bridgehead atoms. The lowest BCUT2D eigenvalue weighted by Gasteiger charge is -2.64. The van der Waals surface area contributed by atoms with Crippen LogP contribution in [-0.2, 0) is 9.22 Å². The van der Waals surface area contributed by atoms with E-state index in [1.165, 1.54) is 0 Å². The number of halogens is 1. The minimum atomic E-state index is -1.77. The fraction of sp³-hybridized carbons (Fsp3) is 0.870. The van der Waals surface area contributed by atoms with Gasteiger partial charge in [-0.05, 0) is 77.1 Å². The van der Waals surface area contributed by atoms with Crippen LogP contribution in [0.5, 0.6) is 0 Å². The van der Waals surface area contributed by atoms with Gasteiger partial charge in [-0.15, -0.1) is 0 Å². The van der Waals surface area contributed by atoms with Crippen molar-refractivity contribution in [3.63, 3.8) is 0 Å². The maximum Gasteiger partial charge on any atom is 0.184 e. The first-order valence-electron chi connectivity index (χ1n) is 11.1. The van der Waals surface area contributed by atoms with Crippen molar-refractivity contribution < 1.29 is 18.7 Å². The third kappa shape index (κ3) is 2.54. The Labute approximate surface area is 170 Å². The molecule has 0 aromatic carbocycles. The van der Waals surface area contributed by atoms with E-state index in [4.69, 9.17) is 4.43 Å². The molecule has 3 nitrogen and oxygen atoms in total. The lowest BCUT2D eigenvalue weighted by atomic mass is 9.44. The molecule has 5 unspecified atom stereocenters. The maximum absolute atomic E-state index is 17.0. The minimum absolute atomic E-state index is 0.113. The first kappa shape index (κ1) is 20.7. The Morgan fingerprint density at radius 1 is 1.11 bits per heavy atom. The predicted octanol–water partition coefficient (Wildman–Crippen LogP) is 5.19. The second kappa shape index (κ2) is 6.01. The number of carbonyl (C=O) groups excluding carboxylic acids is 1. The van der Waals surface area contributed by atoms with Gasteiger partial charge in [-0.3, -0.25) is 4.79 Å². The molecule has 0 radical (unpaired) electrons. The summed E-state index contributed by atoms with van der Waals surface area (Å²) in [5.41, 5.74) is -1.95. The topological polar surface area (TPSA) is 46.5 Å². The number of rotatable bonds is 2. The van der Waals surface area contributed by atoms with Gasteiger partial charge in [0.2, 0.25) is 0 Å². The van der Waals surface area contributed by atoms with E-state index in [1.807, 2.05) is 6.92 Å². The molecule has 1 N–H and O–H groups in total. The highest BCUT2D eigenvalue weighted by Gasteiger charge is 2.73. The van der Waals surface area contributed by atoms with E-state index in [0.717, 1.165) is 31.3 Å². The summed E-state index contributed by atoms with van der Waals surface area (Å²) in [7, 11) is -1.77. The van der Waals surface area contributed by atoms with Gasteiger partial charge in [0.05, 0.1) is 11.7 Å². The van der Waals surface area contributed by atoms with Crippen molar-refractivity contribution in [3.05, 3.63) is 11.6 Å². The summed E-state index contributed by atoms with van der Waals surface area (Å²) in [5.74, 6) is 0.170. The lowest BCUT2D eigenvalue weighted by Crippen LogP contribution is -2.69. The van der Waals surface area contributed by atoms with Gasteiger partial charge in [-0.25, -0.2) is 4.39 Å². The molecule has 158 valence electrons. The number of hydrogen-bond acceptors (Lipinski definition) is 3. The number of fused-ring (bicyclic) bond motifs is 5. The Morgan fingerprint density at radius 3 is 2.43 bits per heavy atom. The van der Waals surface area contributed by atoms with Crippen molar-refractivity contribution in [1.82, 2.24) is 0 Å². The van der Waals surface area contributed by atoms with Crippen LogP contribution in [0.15, 0.2) is 11.6 Å². The second-order valence-corrected chi connectivity index (χ2v) is 16.0. The molecule has 4 aliphatic carbocycles. The van der Waals surface area contributed by atoms with Crippen molar-refractivity contribution in [2.24, 2.45) is 22.7 Å². The molecule has 3 fully saturated rings. The largest absolute Gasteiger partial charge is 0.412 e. The van der Waals surface area contributed by atoms with Gasteiger partial charge < -0.3 is 9.53 Å². The van der Waals surface area contributed by atoms with Crippen LogP contribution in [0.25, 0.3) is 0 Å². The molecular weight excluding hydrogens is 371 g/mol. The maximum atomic E-state index is 17.0. The second-order valence-electron chi connectivity index (χ2n) is 11.6. The molecule has 4 rings (SSSR count). The van der Waals surface area contributed by atoms with Crippen LogP contribution in [0.4, 0.5) is 4.39 Å². The van der Waals surface area contributed by atoms with Crippen LogP contribution in [-0.4, -0.2) is 36.6 Å². The molecule has 0 saturated heterocycles. The van der Waals surface area contributed by atoms with Crippen LogP contribution >= 0.6 is 0 Å². The smallest absolute Gasteiger partial charge is 0.184 e. The number of allylic oxidation sites excluding steroid dienone is 1. The average Bonchev–Trinajstić information content (AvgIpc) is 2.79. The van der Waals surface area contributed by atoms with Crippen LogP contribution in [0.3, 0.4) is 0 Å². The first-order valence-corrected chi connectivity index (χ1v) is 14.5. The number of aliphatic hydroxyl groups excluding tert-OH is 1.